The highest BCUT2D eigenvalue weighted by Gasteiger charge is 2.32. The third kappa shape index (κ3) is 13.5. The summed E-state index contributed by atoms with van der Waals surface area (Å²) in [7, 11) is -3.40. The van der Waals surface area contributed by atoms with Gasteiger partial charge in [-0.3, -0.25) is 4.90 Å². The number of halogens is 4. The monoisotopic (exact) mass is 611 g/mol. The largest absolute Gasteiger partial charge is 0.449 e. The molecule has 0 atom stereocenters. The van der Waals surface area contributed by atoms with Crippen molar-refractivity contribution in [3.63, 3.8) is 0 Å². The van der Waals surface area contributed by atoms with E-state index < -0.39 is 27.3 Å². The summed E-state index contributed by atoms with van der Waals surface area (Å²) in [4.78, 5) is 14.2. The Hall–Kier alpha value is -1.81. The lowest BCUT2D eigenvalue weighted by Gasteiger charge is -2.30. The van der Waals surface area contributed by atoms with E-state index >= 15 is 0 Å². The minimum absolute atomic E-state index is 0.196. The Morgan fingerprint density at radius 2 is 1.78 bits per heavy atom. The third-order valence-electron chi connectivity index (χ3n) is 5.27. The molecule has 10 heteroatoms. The van der Waals surface area contributed by atoms with Crippen LogP contribution in [0.15, 0.2) is 46.5 Å². The molecular formula is C27H41BrF3NO4S. The molecule has 0 fully saturated rings. The van der Waals surface area contributed by atoms with Gasteiger partial charge in [-0.05, 0) is 49.9 Å². The molecule has 0 saturated carbocycles. The van der Waals surface area contributed by atoms with Crippen LogP contribution in [0.4, 0.5) is 23.7 Å². The number of carbonyl (C=O) groups excluding carboxylic acids is 1. The van der Waals surface area contributed by atoms with E-state index in [1.54, 1.807) is 6.92 Å². The van der Waals surface area contributed by atoms with Crippen molar-refractivity contribution in [3.05, 3.63) is 52.0 Å². The van der Waals surface area contributed by atoms with E-state index in [-0.39, 0.29) is 18.6 Å². The first-order chi connectivity index (χ1) is 17.3. The van der Waals surface area contributed by atoms with Gasteiger partial charge in [-0.15, -0.1) is 0 Å². The number of nitrogens with zero attached hydrogens (tertiary/aromatic N) is 1. The maximum Gasteiger partial charge on any atom is 0.414 e. The lowest BCUT2D eigenvalue weighted by Crippen LogP contribution is -2.40. The molecule has 37 heavy (non-hydrogen) atoms. The first kappa shape index (κ1) is 35.2. The molecule has 0 bridgehead atoms. The normalized spacial score (nSPS) is 14.3. The quantitative estimate of drug-likeness (QED) is 0.263. The summed E-state index contributed by atoms with van der Waals surface area (Å²) in [6, 6.07) is 6.36. The summed E-state index contributed by atoms with van der Waals surface area (Å²) in [6.07, 6.45) is 4.42. The molecule has 1 amide bonds. The Morgan fingerprint density at radius 3 is 2.27 bits per heavy atom. The topological polar surface area (TPSA) is 63.7 Å². The lowest BCUT2D eigenvalue weighted by atomic mass is 10.0. The molecule has 0 aliphatic carbocycles. The first-order valence-electron chi connectivity index (χ1n) is 12.6. The minimum Gasteiger partial charge on any atom is -0.449 e. The van der Waals surface area contributed by atoms with Crippen LogP contribution in [0.1, 0.15) is 72.3 Å². The molecule has 1 aliphatic heterocycles. The Bertz CT molecular complexity index is 986. The third-order valence-corrected chi connectivity index (χ3v) is 6.54. The molecule has 1 aliphatic rings. The summed E-state index contributed by atoms with van der Waals surface area (Å²) in [6.45, 7) is 10.4. The van der Waals surface area contributed by atoms with Crippen LogP contribution < -0.4 is 4.90 Å². The number of hydrogen-bond acceptors (Lipinski definition) is 4. The molecule has 0 saturated heterocycles. The smallest absolute Gasteiger partial charge is 0.414 e. The number of cyclic esters (lactones) is 1. The fraction of sp³-hybridized carbons (Fsp3) is 0.593. The first-order valence-corrected chi connectivity index (χ1v) is 15.5. The Kier molecular flexibility index (Phi) is 16.8. The molecule has 0 radical (unpaired) electrons. The van der Waals surface area contributed by atoms with Crippen molar-refractivity contribution in [1.82, 2.24) is 0 Å². The maximum absolute atomic E-state index is 12.3. The highest BCUT2D eigenvalue weighted by Crippen LogP contribution is 2.32. The second kappa shape index (κ2) is 17.7. The molecule has 2 rings (SSSR count). The van der Waals surface area contributed by atoms with Crippen LogP contribution >= 0.6 is 15.9 Å². The number of rotatable bonds is 9. The molecule has 1 heterocycles. The molecule has 1 aromatic rings. The van der Waals surface area contributed by atoms with Crippen LogP contribution in [0.2, 0.25) is 0 Å². The number of ether oxygens (including phenoxy) is 1. The summed E-state index contributed by atoms with van der Waals surface area (Å²) in [5.41, 5.74) is 1.37. The average molecular weight is 613 g/mol. The number of alkyl halides is 3. The van der Waals surface area contributed by atoms with E-state index in [9.17, 15) is 26.4 Å². The van der Waals surface area contributed by atoms with Crippen LogP contribution in [0.25, 0.3) is 0 Å². The number of anilines is 1. The number of allylic oxidation sites excluding steroid dienone is 3. The molecule has 0 aromatic heterocycles. The maximum atomic E-state index is 12.3. The van der Waals surface area contributed by atoms with E-state index in [2.05, 4.69) is 35.8 Å². The van der Waals surface area contributed by atoms with Gasteiger partial charge in [0, 0.05) is 28.8 Å². The fourth-order valence-electron chi connectivity index (χ4n) is 3.63. The van der Waals surface area contributed by atoms with Gasteiger partial charge in [-0.2, -0.15) is 13.2 Å². The fourth-order valence-corrected chi connectivity index (χ4v) is 4.54. The molecule has 5 nitrogen and oxygen atoms in total. The molecule has 0 N–H and O–H groups in total. The van der Waals surface area contributed by atoms with Crippen LogP contribution in [-0.4, -0.2) is 45.3 Å². The van der Waals surface area contributed by atoms with Crippen molar-refractivity contribution >= 4 is 37.5 Å². The number of hydrogen-bond donors (Lipinski definition) is 0. The number of amides is 1. The van der Waals surface area contributed by atoms with Crippen molar-refractivity contribution < 1.29 is 31.1 Å². The summed E-state index contributed by atoms with van der Waals surface area (Å²) in [5.74, 6) is -0.584. The molecule has 0 spiro atoms. The number of fused-ring (bicyclic) bond motifs is 1. The van der Waals surface area contributed by atoms with Crippen LogP contribution in [0, 0.1) is 0 Å². The predicted molar refractivity (Wildman–Crippen MR) is 150 cm³/mol. The standard InChI is InChI=1S/C16H22BrNO2.C9H13F3O2S.C2H6/c1-3-5-14(6-4-2)18-15-8-7-13(17)11-12(15)9-10-20-16(18)19;1-3-4-5-8(9(10,11)12)6-7-15(2,13)14;1-2/h7-8,11,14H,3-6,9-10H2,1-2H3;3-4,6H,5,7H2,1-2H3;1-2H3/b;4-3-,8-6+;. The van der Waals surface area contributed by atoms with Crippen LogP contribution in [0.3, 0.4) is 0 Å². The SMILES string of the molecule is C/C=C\C/C(=C\CS(C)(=O)=O)C(F)(F)F.CC.CCCC(CCC)N1C(=O)OCCc2cc(Br)ccc21. The number of benzene rings is 1. The zero-order valence-corrected chi connectivity index (χ0v) is 25.1. The zero-order valence-electron chi connectivity index (χ0n) is 22.7. The Labute approximate surface area is 229 Å². The molecule has 1 aromatic carbocycles. The zero-order chi connectivity index (χ0) is 28.6. The minimum atomic E-state index is -4.47. The van der Waals surface area contributed by atoms with E-state index in [1.165, 1.54) is 17.7 Å². The van der Waals surface area contributed by atoms with E-state index in [4.69, 9.17) is 4.74 Å². The van der Waals surface area contributed by atoms with Crippen molar-refractivity contribution in [2.45, 2.75) is 85.4 Å². The van der Waals surface area contributed by atoms with Gasteiger partial charge in [-0.25, -0.2) is 13.2 Å². The van der Waals surface area contributed by atoms with Gasteiger partial charge in [-0.1, -0.05) is 74.7 Å². The van der Waals surface area contributed by atoms with Gasteiger partial charge in [0.2, 0.25) is 0 Å². The molecule has 212 valence electrons. The van der Waals surface area contributed by atoms with Crippen molar-refractivity contribution in [2.75, 3.05) is 23.5 Å². The highest BCUT2D eigenvalue weighted by molar-refractivity contribution is 9.10. The van der Waals surface area contributed by atoms with Crippen LogP contribution in [-0.2, 0) is 21.0 Å². The van der Waals surface area contributed by atoms with Crippen molar-refractivity contribution in [3.8, 4) is 0 Å². The predicted octanol–water partition coefficient (Wildman–Crippen LogP) is 8.43. The van der Waals surface area contributed by atoms with Gasteiger partial charge in [0.15, 0.2) is 9.84 Å². The lowest BCUT2D eigenvalue weighted by molar-refractivity contribution is -0.0930. The molecular weight excluding hydrogens is 571 g/mol. The van der Waals surface area contributed by atoms with E-state index in [0.29, 0.717) is 6.61 Å². The molecule has 0 unspecified atom stereocenters. The second-order valence-corrected chi connectivity index (χ2v) is 11.4. The summed E-state index contributed by atoms with van der Waals surface area (Å²) < 4.78 is 64.8. The number of carbonyl (C=O) groups is 1. The Morgan fingerprint density at radius 1 is 1.19 bits per heavy atom. The van der Waals surface area contributed by atoms with E-state index in [1.807, 2.05) is 30.9 Å². The van der Waals surface area contributed by atoms with Crippen LogP contribution in [0.5, 0.6) is 0 Å². The van der Waals surface area contributed by atoms with Gasteiger partial charge >= 0.3 is 12.3 Å². The Balaban J connectivity index is 0.000000684. The van der Waals surface area contributed by atoms with E-state index in [0.717, 1.165) is 54.6 Å². The average Bonchev–Trinajstić information content (AvgIpc) is 2.97. The van der Waals surface area contributed by atoms with Gasteiger partial charge in [0.1, 0.15) is 0 Å². The van der Waals surface area contributed by atoms with Crippen molar-refractivity contribution in [2.24, 2.45) is 0 Å². The highest BCUT2D eigenvalue weighted by atomic mass is 79.9. The van der Waals surface area contributed by atoms with Gasteiger partial charge in [0.05, 0.1) is 18.0 Å². The van der Waals surface area contributed by atoms with Crippen molar-refractivity contribution in [1.29, 1.82) is 0 Å². The van der Waals surface area contributed by atoms with Gasteiger partial charge in [0.25, 0.3) is 0 Å². The van der Waals surface area contributed by atoms with Gasteiger partial charge < -0.3 is 4.74 Å². The summed E-state index contributed by atoms with van der Waals surface area (Å²) in [5, 5.41) is 0. The second-order valence-electron chi connectivity index (χ2n) is 8.33. The number of sulfone groups is 1. The summed E-state index contributed by atoms with van der Waals surface area (Å²) >= 11 is 3.51.